The lowest BCUT2D eigenvalue weighted by molar-refractivity contribution is 0.279. The minimum atomic E-state index is 0.172. The van der Waals surface area contributed by atoms with Crippen molar-refractivity contribution in [3.63, 3.8) is 0 Å². The van der Waals surface area contributed by atoms with Crippen LogP contribution in [0.3, 0.4) is 0 Å². The van der Waals surface area contributed by atoms with Gasteiger partial charge in [0.1, 0.15) is 0 Å². The molecule has 0 radical (unpaired) electrons. The van der Waals surface area contributed by atoms with E-state index in [0.29, 0.717) is 0 Å². The van der Waals surface area contributed by atoms with Gasteiger partial charge in [0, 0.05) is 33.2 Å². The van der Waals surface area contributed by atoms with Crippen LogP contribution in [-0.2, 0) is 5.41 Å². The van der Waals surface area contributed by atoms with Crippen molar-refractivity contribution in [1.29, 1.82) is 0 Å². The zero-order chi connectivity index (χ0) is 20.9. The van der Waals surface area contributed by atoms with Crippen molar-refractivity contribution >= 4 is 33.2 Å². The second-order valence-electron chi connectivity index (χ2n) is 9.85. The quantitative estimate of drug-likeness (QED) is 0.297. The Labute approximate surface area is 187 Å². The molecule has 0 unspecified atom stereocenters. The van der Waals surface area contributed by atoms with Crippen molar-refractivity contribution in [2.24, 2.45) is 0 Å². The van der Waals surface area contributed by atoms with E-state index in [-0.39, 0.29) is 5.41 Å². The van der Waals surface area contributed by atoms with Crippen LogP contribution >= 0.6 is 0 Å². The summed E-state index contributed by atoms with van der Waals surface area (Å²) in [5.41, 5.74) is 11.3. The molecule has 0 saturated heterocycles. The standard InChI is InChI=1S/C30H24N2/c1-2-7-20(8-3-1)32-27-12-5-4-9-22(27)23-17-24-26(18-28(23)32)31-25-11-6-10-21-19-13-15-30(24,16-14-19)29(21)25/h1-12,17-19,31H,13-16H2. The molecule has 2 heteroatoms. The molecule has 0 amide bonds. The second kappa shape index (κ2) is 5.83. The summed E-state index contributed by atoms with van der Waals surface area (Å²) in [5.74, 6) is 0.749. The maximum Gasteiger partial charge on any atom is 0.0561 e. The maximum atomic E-state index is 3.86. The molecule has 4 aliphatic rings. The number of benzene rings is 4. The number of aromatic nitrogens is 1. The van der Waals surface area contributed by atoms with Crippen LogP contribution < -0.4 is 5.32 Å². The van der Waals surface area contributed by atoms with Crippen LogP contribution in [0.2, 0.25) is 0 Å². The van der Waals surface area contributed by atoms with E-state index >= 15 is 0 Å². The Morgan fingerprint density at radius 1 is 0.719 bits per heavy atom. The molecule has 154 valence electrons. The predicted molar refractivity (Wildman–Crippen MR) is 132 cm³/mol. The first kappa shape index (κ1) is 17.1. The van der Waals surface area contributed by atoms with Crippen LogP contribution in [0.25, 0.3) is 27.5 Å². The largest absolute Gasteiger partial charge is 0.355 e. The first-order chi connectivity index (χ1) is 15.8. The van der Waals surface area contributed by atoms with Crippen molar-refractivity contribution in [3.05, 3.63) is 102 Å². The highest BCUT2D eigenvalue weighted by atomic mass is 15.0. The highest BCUT2D eigenvalue weighted by Gasteiger charge is 2.50. The van der Waals surface area contributed by atoms with Crippen LogP contribution in [0.5, 0.6) is 0 Å². The molecular weight excluding hydrogens is 388 g/mol. The van der Waals surface area contributed by atoms with Gasteiger partial charge in [0.25, 0.3) is 0 Å². The Hall–Kier alpha value is -3.52. The van der Waals surface area contributed by atoms with E-state index < -0.39 is 0 Å². The molecule has 1 aliphatic heterocycles. The Bertz CT molecular complexity index is 1550. The summed E-state index contributed by atoms with van der Waals surface area (Å²) in [5, 5.41) is 6.57. The number of nitrogens with one attached hydrogen (secondary N) is 1. The Balaban J connectivity index is 1.49. The van der Waals surface area contributed by atoms with Gasteiger partial charge in [-0.05, 0) is 84.7 Å². The normalized spacial score (nSPS) is 22.6. The fourth-order valence-electron chi connectivity index (χ4n) is 7.14. The van der Waals surface area contributed by atoms with Gasteiger partial charge < -0.3 is 9.88 Å². The van der Waals surface area contributed by atoms with Gasteiger partial charge >= 0.3 is 0 Å². The molecule has 2 heterocycles. The predicted octanol–water partition coefficient (Wildman–Crippen LogP) is 7.80. The molecule has 1 fully saturated rings. The number of anilines is 2. The molecule has 1 N–H and O–H groups in total. The van der Waals surface area contributed by atoms with Crippen LogP contribution in [0.1, 0.15) is 48.3 Å². The summed E-state index contributed by atoms with van der Waals surface area (Å²) in [6, 6.07) is 31.5. The summed E-state index contributed by atoms with van der Waals surface area (Å²) >= 11 is 0. The third-order valence-electron chi connectivity index (χ3n) is 8.47. The summed E-state index contributed by atoms with van der Waals surface area (Å²) in [6.07, 6.45) is 5.19. The lowest BCUT2D eigenvalue weighted by Crippen LogP contribution is -2.41. The van der Waals surface area contributed by atoms with E-state index in [1.54, 1.807) is 11.1 Å². The molecule has 32 heavy (non-hydrogen) atoms. The fraction of sp³-hybridized carbons (Fsp3) is 0.200. The zero-order valence-electron chi connectivity index (χ0n) is 17.9. The molecule has 9 rings (SSSR count). The van der Waals surface area contributed by atoms with Crippen molar-refractivity contribution in [3.8, 4) is 5.69 Å². The van der Waals surface area contributed by atoms with Crippen molar-refractivity contribution < 1.29 is 0 Å². The van der Waals surface area contributed by atoms with E-state index in [2.05, 4.69) is 94.8 Å². The van der Waals surface area contributed by atoms with E-state index in [1.807, 2.05) is 0 Å². The Morgan fingerprint density at radius 3 is 2.41 bits per heavy atom. The Kier molecular flexibility index (Phi) is 3.11. The third kappa shape index (κ3) is 1.97. The number of rotatable bonds is 1. The van der Waals surface area contributed by atoms with Gasteiger partial charge in [0.15, 0.2) is 0 Å². The van der Waals surface area contributed by atoms with Gasteiger partial charge in [-0.2, -0.15) is 0 Å². The van der Waals surface area contributed by atoms with Crippen molar-refractivity contribution in [2.75, 3.05) is 5.32 Å². The van der Waals surface area contributed by atoms with Gasteiger partial charge in [-0.15, -0.1) is 0 Å². The van der Waals surface area contributed by atoms with Gasteiger partial charge in [0.2, 0.25) is 0 Å². The molecule has 2 nitrogen and oxygen atoms in total. The minimum Gasteiger partial charge on any atom is -0.355 e. The lowest BCUT2D eigenvalue weighted by atomic mass is 9.54. The number of hydrogen-bond acceptors (Lipinski definition) is 1. The average Bonchev–Trinajstić information content (AvgIpc) is 3.18. The molecule has 0 atom stereocenters. The van der Waals surface area contributed by atoms with Gasteiger partial charge in [-0.3, -0.25) is 0 Å². The first-order valence-electron chi connectivity index (χ1n) is 11.9. The summed E-state index contributed by atoms with van der Waals surface area (Å²) in [6.45, 7) is 0. The summed E-state index contributed by atoms with van der Waals surface area (Å²) < 4.78 is 2.42. The van der Waals surface area contributed by atoms with E-state index in [9.17, 15) is 0 Å². The minimum absolute atomic E-state index is 0.172. The molecule has 1 aromatic heterocycles. The Morgan fingerprint density at radius 2 is 1.53 bits per heavy atom. The third-order valence-corrected chi connectivity index (χ3v) is 8.47. The summed E-state index contributed by atoms with van der Waals surface area (Å²) in [4.78, 5) is 0. The molecule has 1 saturated carbocycles. The zero-order valence-corrected chi connectivity index (χ0v) is 17.9. The second-order valence-corrected chi connectivity index (χ2v) is 9.85. The highest BCUT2D eigenvalue weighted by Crippen LogP contribution is 2.62. The van der Waals surface area contributed by atoms with Crippen LogP contribution in [-0.4, -0.2) is 4.57 Å². The fourth-order valence-corrected chi connectivity index (χ4v) is 7.14. The topological polar surface area (TPSA) is 17.0 Å². The van der Waals surface area contributed by atoms with E-state index in [0.717, 1.165) is 5.92 Å². The monoisotopic (exact) mass is 412 g/mol. The first-order valence-corrected chi connectivity index (χ1v) is 11.9. The molecular formula is C30H24N2. The molecule has 3 aliphatic carbocycles. The van der Waals surface area contributed by atoms with Crippen LogP contribution in [0, 0.1) is 0 Å². The molecule has 5 aromatic rings. The van der Waals surface area contributed by atoms with Crippen LogP contribution in [0.4, 0.5) is 11.4 Å². The number of fused-ring (bicyclic) bond motifs is 6. The van der Waals surface area contributed by atoms with Gasteiger partial charge in [-0.25, -0.2) is 0 Å². The highest BCUT2D eigenvalue weighted by molar-refractivity contribution is 6.11. The van der Waals surface area contributed by atoms with Gasteiger partial charge in [0.05, 0.1) is 11.0 Å². The SMILES string of the molecule is c1ccc(-n2c3ccccc3c3cc4c(cc32)Nc2cccc3c2C42CCC3CC2)cc1. The molecule has 4 aromatic carbocycles. The van der Waals surface area contributed by atoms with E-state index in [1.165, 1.54) is 70.1 Å². The smallest absolute Gasteiger partial charge is 0.0561 e. The average molecular weight is 413 g/mol. The molecule has 1 spiro atoms. The molecule has 2 bridgehead atoms. The van der Waals surface area contributed by atoms with E-state index in [4.69, 9.17) is 0 Å². The number of hydrogen-bond donors (Lipinski definition) is 1. The summed E-state index contributed by atoms with van der Waals surface area (Å²) in [7, 11) is 0. The number of nitrogens with zero attached hydrogens (tertiary/aromatic N) is 1. The lowest BCUT2D eigenvalue weighted by Gasteiger charge is -2.52. The van der Waals surface area contributed by atoms with Gasteiger partial charge in [-0.1, -0.05) is 48.5 Å². The maximum absolute atomic E-state index is 3.86. The van der Waals surface area contributed by atoms with Crippen LogP contribution in [0.15, 0.2) is 84.9 Å². The number of para-hydroxylation sites is 2. The van der Waals surface area contributed by atoms with Crippen molar-refractivity contribution in [2.45, 2.75) is 37.0 Å². The van der Waals surface area contributed by atoms with Crippen molar-refractivity contribution in [1.82, 2.24) is 4.57 Å².